The van der Waals surface area contributed by atoms with Crippen molar-refractivity contribution in [2.75, 3.05) is 19.0 Å². The molecule has 1 N–H and O–H groups in total. The second-order valence-electron chi connectivity index (χ2n) is 8.32. The molecule has 0 aromatic heterocycles. The van der Waals surface area contributed by atoms with Crippen LogP contribution in [0.25, 0.3) is 6.08 Å². The van der Waals surface area contributed by atoms with E-state index in [0.29, 0.717) is 34.7 Å². The summed E-state index contributed by atoms with van der Waals surface area (Å²) < 4.78 is 56.0. The zero-order valence-corrected chi connectivity index (χ0v) is 21.9. The zero-order chi connectivity index (χ0) is 30.2. The van der Waals surface area contributed by atoms with Gasteiger partial charge in [0.1, 0.15) is 17.4 Å². The van der Waals surface area contributed by atoms with Crippen LogP contribution in [0, 0.1) is 21.4 Å². The van der Waals surface area contributed by atoms with E-state index in [1.165, 1.54) is 25.3 Å². The summed E-state index contributed by atoms with van der Waals surface area (Å²) in [7, 11) is 1.50. The van der Waals surface area contributed by atoms with Gasteiger partial charge < -0.3 is 19.5 Å². The fourth-order valence-electron chi connectivity index (χ4n) is 3.67. The third-order valence-corrected chi connectivity index (χ3v) is 5.54. The van der Waals surface area contributed by atoms with Crippen LogP contribution in [-0.4, -0.2) is 24.5 Å². The third kappa shape index (κ3) is 7.63. The molecule has 3 rings (SSSR count). The molecule has 41 heavy (non-hydrogen) atoms. The smallest absolute Gasteiger partial charge is 0.416 e. The van der Waals surface area contributed by atoms with E-state index in [2.05, 4.69) is 11.9 Å². The first kappa shape index (κ1) is 30.2. The lowest BCUT2D eigenvalue weighted by Gasteiger charge is -2.17. The number of nitrogens with zero attached hydrogens (tertiary/aromatic N) is 2. The van der Waals surface area contributed by atoms with Crippen LogP contribution in [0.5, 0.6) is 23.0 Å². The van der Waals surface area contributed by atoms with Gasteiger partial charge in [-0.15, -0.1) is 6.58 Å². The molecular formula is C29H24F3N3O6. The van der Waals surface area contributed by atoms with Crippen LogP contribution in [0.4, 0.5) is 24.5 Å². The Kier molecular flexibility index (Phi) is 9.71. The van der Waals surface area contributed by atoms with E-state index in [1.807, 2.05) is 6.07 Å². The lowest BCUT2D eigenvalue weighted by atomic mass is 10.0. The lowest BCUT2D eigenvalue weighted by Crippen LogP contribution is -2.13. The number of carbonyl (C=O) groups is 1. The van der Waals surface area contributed by atoms with Crippen LogP contribution in [0.15, 0.2) is 72.8 Å². The van der Waals surface area contributed by atoms with E-state index in [0.717, 1.165) is 6.07 Å². The Bertz CT molecular complexity index is 1530. The monoisotopic (exact) mass is 567 g/mol. The van der Waals surface area contributed by atoms with Gasteiger partial charge in [-0.1, -0.05) is 6.08 Å². The van der Waals surface area contributed by atoms with E-state index in [4.69, 9.17) is 14.2 Å². The number of nitrogens with one attached hydrogen (secondary N) is 1. The van der Waals surface area contributed by atoms with Crippen molar-refractivity contribution in [1.29, 1.82) is 5.26 Å². The molecule has 3 aromatic rings. The van der Waals surface area contributed by atoms with Gasteiger partial charge in [-0.05, 0) is 73.5 Å². The predicted octanol–water partition coefficient (Wildman–Crippen LogP) is 7.09. The number of rotatable bonds is 11. The summed E-state index contributed by atoms with van der Waals surface area (Å²) in [6.07, 6.45) is -1.81. The standard InChI is InChI=1S/C29H24F3N3O6/c1-4-6-19-13-18(14-20(17-33)28(36)34-22-8-10-23(39-3)11-9-22)15-26(40-5-2)27(19)41-25-12-7-21(29(30,31)32)16-24(25)35(37)38/h4,7-16H,1,5-6H2,2-3H3,(H,34,36)/b20-14+. The normalized spacial score (nSPS) is 11.3. The highest BCUT2D eigenvalue weighted by molar-refractivity contribution is 6.09. The molecule has 0 saturated heterocycles. The highest BCUT2D eigenvalue weighted by Gasteiger charge is 2.33. The molecule has 0 fully saturated rings. The van der Waals surface area contributed by atoms with Crippen LogP contribution >= 0.6 is 0 Å². The second kappa shape index (κ2) is 13.2. The topological polar surface area (TPSA) is 124 Å². The minimum absolute atomic E-state index is 0.00736. The van der Waals surface area contributed by atoms with Gasteiger partial charge >= 0.3 is 11.9 Å². The molecule has 0 aliphatic heterocycles. The molecule has 3 aromatic carbocycles. The van der Waals surface area contributed by atoms with Gasteiger partial charge in [0.25, 0.3) is 5.91 Å². The van der Waals surface area contributed by atoms with Crippen molar-refractivity contribution in [2.24, 2.45) is 0 Å². The first-order valence-corrected chi connectivity index (χ1v) is 12.0. The van der Waals surface area contributed by atoms with E-state index < -0.39 is 34.0 Å². The van der Waals surface area contributed by atoms with Crippen LogP contribution in [-0.2, 0) is 17.4 Å². The van der Waals surface area contributed by atoms with Crippen molar-refractivity contribution in [1.82, 2.24) is 0 Å². The number of hydrogen-bond donors (Lipinski definition) is 1. The minimum atomic E-state index is -4.79. The Balaban J connectivity index is 2.04. The maximum absolute atomic E-state index is 13.2. The molecule has 9 nitrogen and oxygen atoms in total. The number of anilines is 1. The Labute approximate surface area is 233 Å². The number of nitro groups is 1. The average Bonchev–Trinajstić information content (AvgIpc) is 2.93. The lowest BCUT2D eigenvalue weighted by molar-refractivity contribution is -0.385. The fraction of sp³-hybridized carbons (Fsp3) is 0.172. The molecule has 0 unspecified atom stereocenters. The highest BCUT2D eigenvalue weighted by Crippen LogP contribution is 2.42. The highest BCUT2D eigenvalue weighted by atomic mass is 19.4. The molecule has 0 aliphatic rings. The molecule has 0 heterocycles. The molecule has 0 aliphatic carbocycles. The number of alkyl halides is 3. The summed E-state index contributed by atoms with van der Waals surface area (Å²) in [5, 5.41) is 23.9. The van der Waals surface area contributed by atoms with E-state index >= 15 is 0 Å². The average molecular weight is 568 g/mol. The maximum atomic E-state index is 13.2. The minimum Gasteiger partial charge on any atom is -0.497 e. The Morgan fingerprint density at radius 1 is 1.15 bits per heavy atom. The van der Waals surface area contributed by atoms with Crippen molar-refractivity contribution in [2.45, 2.75) is 19.5 Å². The number of nitriles is 1. The van der Waals surface area contributed by atoms with Gasteiger partial charge in [-0.3, -0.25) is 14.9 Å². The molecule has 0 saturated carbocycles. The summed E-state index contributed by atoms with van der Waals surface area (Å²) in [6, 6.07) is 13.3. The number of methoxy groups -OCH3 is 1. The van der Waals surface area contributed by atoms with Crippen molar-refractivity contribution >= 4 is 23.4 Å². The van der Waals surface area contributed by atoms with Crippen molar-refractivity contribution in [3.8, 4) is 29.1 Å². The molecule has 0 radical (unpaired) electrons. The summed E-state index contributed by atoms with van der Waals surface area (Å²) >= 11 is 0. The quantitative estimate of drug-likeness (QED) is 0.0863. The number of amides is 1. The zero-order valence-electron chi connectivity index (χ0n) is 21.9. The van der Waals surface area contributed by atoms with Gasteiger partial charge in [-0.25, -0.2) is 0 Å². The number of ether oxygens (including phenoxy) is 3. The van der Waals surface area contributed by atoms with Gasteiger partial charge in [0, 0.05) is 17.3 Å². The number of allylic oxidation sites excluding steroid dienone is 1. The van der Waals surface area contributed by atoms with Crippen LogP contribution in [0.2, 0.25) is 0 Å². The number of halogens is 3. The third-order valence-electron chi connectivity index (χ3n) is 5.54. The van der Waals surface area contributed by atoms with Crippen molar-refractivity contribution < 1.29 is 37.1 Å². The van der Waals surface area contributed by atoms with Crippen LogP contribution in [0.1, 0.15) is 23.6 Å². The number of hydrogen-bond acceptors (Lipinski definition) is 7. The maximum Gasteiger partial charge on any atom is 0.416 e. The van der Waals surface area contributed by atoms with E-state index in [9.17, 15) is 33.3 Å². The summed E-state index contributed by atoms with van der Waals surface area (Å²) in [4.78, 5) is 23.4. The van der Waals surface area contributed by atoms with Crippen LogP contribution < -0.4 is 19.5 Å². The van der Waals surface area contributed by atoms with Crippen LogP contribution in [0.3, 0.4) is 0 Å². The van der Waals surface area contributed by atoms with Crippen molar-refractivity contribution in [3.63, 3.8) is 0 Å². The van der Waals surface area contributed by atoms with Gasteiger partial charge in [0.2, 0.25) is 5.75 Å². The second-order valence-corrected chi connectivity index (χ2v) is 8.32. The Morgan fingerprint density at radius 2 is 1.85 bits per heavy atom. The number of carbonyl (C=O) groups excluding carboxylic acids is 1. The largest absolute Gasteiger partial charge is 0.497 e. The first-order chi connectivity index (χ1) is 19.5. The Hall–Kier alpha value is -5.31. The molecule has 12 heteroatoms. The molecule has 0 spiro atoms. The summed E-state index contributed by atoms with van der Waals surface area (Å²) in [5.74, 6) is -0.440. The fourth-order valence-corrected chi connectivity index (χ4v) is 3.67. The van der Waals surface area contributed by atoms with E-state index in [1.54, 1.807) is 37.3 Å². The predicted molar refractivity (Wildman–Crippen MR) is 145 cm³/mol. The number of benzene rings is 3. The van der Waals surface area contributed by atoms with Gasteiger partial charge in [0.05, 0.1) is 24.2 Å². The van der Waals surface area contributed by atoms with Gasteiger partial charge in [0.15, 0.2) is 11.5 Å². The summed E-state index contributed by atoms with van der Waals surface area (Å²) in [6.45, 7) is 5.49. The van der Waals surface area contributed by atoms with Crippen molar-refractivity contribution in [3.05, 3.63) is 99.6 Å². The summed E-state index contributed by atoms with van der Waals surface area (Å²) in [5.41, 5.74) is -1.15. The molecular weight excluding hydrogens is 543 g/mol. The molecule has 0 atom stereocenters. The number of nitro benzene ring substituents is 1. The molecule has 212 valence electrons. The molecule has 1 amide bonds. The Morgan fingerprint density at radius 3 is 2.41 bits per heavy atom. The first-order valence-electron chi connectivity index (χ1n) is 12.0. The van der Waals surface area contributed by atoms with E-state index in [-0.39, 0.29) is 30.1 Å². The SMILES string of the molecule is C=CCc1cc(/C=C(\C#N)C(=O)Nc2ccc(OC)cc2)cc(OCC)c1Oc1ccc(C(F)(F)F)cc1[N+](=O)[O-]. The molecule has 0 bridgehead atoms. The van der Waals surface area contributed by atoms with Gasteiger partial charge in [-0.2, -0.15) is 18.4 Å².